The Morgan fingerprint density at radius 1 is 1.05 bits per heavy atom. The van der Waals surface area contributed by atoms with Gasteiger partial charge in [0.1, 0.15) is 0 Å². The average Bonchev–Trinajstić information content (AvgIpc) is 2.39. The second-order valence-corrected chi connectivity index (χ2v) is 5.62. The fourth-order valence-corrected chi connectivity index (χ4v) is 2.41. The van der Waals surface area contributed by atoms with Crippen LogP contribution in [0.3, 0.4) is 0 Å². The number of carbonyl (C=O) groups excluding carboxylic acids is 1. The van der Waals surface area contributed by atoms with Crippen LogP contribution in [0.25, 0.3) is 0 Å². The minimum Gasteiger partial charge on any atom is -0.370 e. The summed E-state index contributed by atoms with van der Waals surface area (Å²) in [4.78, 5) is 10.8. The first-order chi connectivity index (χ1) is 9.61. The summed E-state index contributed by atoms with van der Waals surface area (Å²) in [5, 5.41) is 0. The second-order valence-electron chi connectivity index (χ2n) is 5.62. The number of nitrogens with two attached hydrogens (primary N) is 2. The Kier molecular flexibility index (Phi) is 11.0. The molecule has 0 saturated carbocycles. The van der Waals surface area contributed by atoms with Crippen molar-refractivity contribution in [1.82, 2.24) is 0 Å². The number of benzene rings is 1. The van der Waals surface area contributed by atoms with Crippen LogP contribution in [0.2, 0.25) is 0 Å². The number of halogens is 1. The van der Waals surface area contributed by atoms with Gasteiger partial charge in [0.25, 0.3) is 0 Å². The molecule has 0 aliphatic heterocycles. The third-order valence-electron chi connectivity index (χ3n) is 3.55. The highest BCUT2D eigenvalue weighted by atomic mass is 35.5. The van der Waals surface area contributed by atoms with Crippen LogP contribution in [0.1, 0.15) is 56.6 Å². The maximum absolute atomic E-state index is 10.8. The lowest BCUT2D eigenvalue weighted by atomic mass is 10.0. The monoisotopic (exact) mass is 312 g/mol. The zero-order valence-electron chi connectivity index (χ0n) is 13.0. The average molecular weight is 313 g/mol. The minimum atomic E-state index is -0.332. The van der Waals surface area contributed by atoms with Crippen LogP contribution < -0.4 is 11.5 Å². The highest BCUT2D eigenvalue weighted by Crippen LogP contribution is 2.11. The Bertz CT molecular complexity index is 392. The lowest BCUT2D eigenvalue weighted by Gasteiger charge is -2.10. The Hall–Kier alpha value is -1.06. The molecule has 1 rings (SSSR count). The number of amides is 1. The molecule has 1 aromatic rings. The Labute approximate surface area is 134 Å². The van der Waals surface area contributed by atoms with Crippen LogP contribution in [0, 0.1) is 0 Å². The molecule has 0 saturated heterocycles. The van der Waals surface area contributed by atoms with Crippen LogP contribution in [-0.2, 0) is 17.6 Å². The molecule has 1 aromatic carbocycles. The van der Waals surface area contributed by atoms with E-state index in [1.54, 1.807) is 0 Å². The van der Waals surface area contributed by atoms with E-state index < -0.39 is 0 Å². The molecule has 0 bridgehead atoms. The van der Waals surface area contributed by atoms with Gasteiger partial charge in [0.2, 0.25) is 5.91 Å². The summed E-state index contributed by atoms with van der Waals surface area (Å²) in [6, 6.07) is 8.40. The van der Waals surface area contributed by atoms with E-state index in [0.717, 1.165) is 6.42 Å². The lowest BCUT2D eigenvalue weighted by Crippen LogP contribution is -2.29. The Balaban J connectivity index is 0.00000400. The molecule has 0 spiro atoms. The molecule has 0 fully saturated rings. The number of hydrogen-bond donors (Lipinski definition) is 2. The normalized spacial score (nSPS) is 11.7. The smallest absolute Gasteiger partial charge is 0.218 e. The van der Waals surface area contributed by atoms with E-state index in [4.69, 9.17) is 11.5 Å². The fourth-order valence-electron chi connectivity index (χ4n) is 2.41. The molecule has 3 nitrogen and oxygen atoms in total. The zero-order chi connectivity index (χ0) is 14.8. The van der Waals surface area contributed by atoms with Crippen molar-refractivity contribution in [2.45, 2.75) is 64.3 Å². The van der Waals surface area contributed by atoms with Crippen molar-refractivity contribution in [2.75, 3.05) is 0 Å². The van der Waals surface area contributed by atoms with E-state index in [2.05, 4.69) is 31.2 Å². The molecule has 21 heavy (non-hydrogen) atoms. The third-order valence-corrected chi connectivity index (χ3v) is 3.55. The zero-order valence-corrected chi connectivity index (χ0v) is 13.8. The van der Waals surface area contributed by atoms with Crippen molar-refractivity contribution >= 4 is 18.3 Å². The summed E-state index contributed by atoms with van der Waals surface area (Å²) in [6.07, 6.45) is 8.67. The number of rotatable bonds is 10. The number of aryl methyl sites for hydroxylation is 1. The molecule has 0 aliphatic carbocycles. The van der Waals surface area contributed by atoms with Gasteiger partial charge in [0.05, 0.1) is 0 Å². The number of hydrogen-bond acceptors (Lipinski definition) is 2. The SMILES string of the molecule is CCCCCCCc1ccc(C[C@H](N)CC(N)=O)cc1.Cl. The summed E-state index contributed by atoms with van der Waals surface area (Å²) in [7, 11) is 0. The van der Waals surface area contributed by atoms with Gasteiger partial charge in [-0.05, 0) is 30.4 Å². The summed E-state index contributed by atoms with van der Waals surface area (Å²) < 4.78 is 0. The molecular formula is C17H29ClN2O. The van der Waals surface area contributed by atoms with Gasteiger partial charge in [0.15, 0.2) is 0 Å². The summed E-state index contributed by atoms with van der Waals surface area (Å²) in [5.41, 5.74) is 13.6. The van der Waals surface area contributed by atoms with Gasteiger partial charge in [-0.3, -0.25) is 4.79 Å². The third kappa shape index (κ3) is 9.48. The summed E-state index contributed by atoms with van der Waals surface area (Å²) in [6.45, 7) is 2.24. The molecule has 0 radical (unpaired) electrons. The summed E-state index contributed by atoms with van der Waals surface area (Å²) in [5.74, 6) is -0.332. The lowest BCUT2D eigenvalue weighted by molar-refractivity contribution is -0.118. The number of unbranched alkanes of at least 4 members (excludes halogenated alkanes) is 4. The molecule has 4 N–H and O–H groups in total. The first kappa shape index (κ1) is 19.9. The van der Waals surface area contributed by atoms with Crippen LogP contribution >= 0.6 is 12.4 Å². The van der Waals surface area contributed by atoms with Gasteiger partial charge in [0, 0.05) is 12.5 Å². The molecule has 120 valence electrons. The van der Waals surface area contributed by atoms with E-state index in [1.165, 1.54) is 43.2 Å². The van der Waals surface area contributed by atoms with Gasteiger partial charge >= 0.3 is 0 Å². The maximum atomic E-state index is 10.8. The molecule has 0 unspecified atom stereocenters. The van der Waals surface area contributed by atoms with Gasteiger partial charge in [-0.1, -0.05) is 56.9 Å². The van der Waals surface area contributed by atoms with Crippen LogP contribution in [0.4, 0.5) is 0 Å². The van der Waals surface area contributed by atoms with E-state index >= 15 is 0 Å². The molecule has 4 heteroatoms. The first-order valence-corrected chi connectivity index (χ1v) is 7.73. The Morgan fingerprint density at radius 3 is 2.19 bits per heavy atom. The fraction of sp³-hybridized carbons (Fsp3) is 0.588. The van der Waals surface area contributed by atoms with Crippen molar-refractivity contribution in [3.05, 3.63) is 35.4 Å². The molecule has 0 aliphatic rings. The van der Waals surface area contributed by atoms with Crippen LogP contribution in [-0.4, -0.2) is 11.9 Å². The predicted molar refractivity (Wildman–Crippen MR) is 91.6 cm³/mol. The molecule has 1 atom stereocenters. The predicted octanol–water partition coefficient (Wildman–Crippen LogP) is 3.37. The quantitative estimate of drug-likeness (QED) is 0.650. The molecular weight excluding hydrogens is 284 g/mol. The second kappa shape index (κ2) is 11.6. The molecule has 0 aromatic heterocycles. The Morgan fingerprint density at radius 2 is 1.62 bits per heavy atom. The van der Waals surface area contributed by atoms with E-state index in [-0.39, 0.29) is 30.8 Å². The van der Waals surface area contributed by atoms with E-state index in [1.807, 2.05) is 0 Å². The summed E-state index contributed by atoms with van der Waals surface area (Å²) >= 11 is 0. The standard InChI is InChI=1S/C17H28N2O.ClH/c1-2-3-4-5-6-7-14-8-10-15(11-9-14)12-16(18)13-17(19)20;/h8-11,16H,2-7,12-13,18H2,1H3,(H2,19,20);1H/t16-;/m0./s1. The van der Waals surface area contributed by atoms with Crippen molar-refractivity contribution in [3.8, 4) is 0 Å². The van der Waals surface area contributed by atoms with Gasteiger partial charge in [-0.2, -0.15) is 0 Å². The van der Waals surface area contributed by atoms with E-state index in [9.17, 15) is 4.79 Å². The minimum absolute atomic E-state index is 0. The topological polar surface area (TPSA) is 69.1 Å². The number of carbonyl (C=O) groups is 1. The van der Waals surface area contributed by atoms with Crippen molar-refractivity contribution in [3.63, 3.8) is 0 Å². The van der Waals surface area contributed by atoms with E-state index in [0.29, 0.717) is 6.42 Å². The number of primary amides is 1. The highest BCUT2D eigenvalue weighted by molar-refractivity contribution is 5.85. The van der Waals surface area contributed by atoms with Crippen LogP contribution in [0.5, 0.6) is 0 Å². The van der Waals surface area contributed by atoms with Gasteiger partial charge in [-0.25, -0.2) is 0 Å². The largest absolute Gasteiger partial charge is 0.370 e. The van der Waals surface area contributed by atoms with Crippen molar-refractivity contribution < 1.29 is 4.79 Å². The van der Waals surface area contributed by atoms with Gasteiger partial charge < -0.3 is 11.5 Å². The van der Waals surface area contributed by atoms with Crippen LogP contribution in [0.15, 0.2) is 24.3 Å². The maximum Gasteiger partial charge on any atom is 0.218 e. The van der Waals surface area contributed by atoms with Crippen molar-refractivity contribution in [1.29, 1.82) is 0 Å². The first-order valence-electron chi connectivity index (χ1n) is 7.73. The molecule has 0 heterocycles. The molecule has 1 amide bonds. The van der Waals surface area contributed by atoms with Crippen molar-refractivity contribution in [2.24, 2.45) is 11.5 Å². The highest BCUT2D eigenvalue weighted by Gasteiger charge is 2.07. The van der Waals surface area contributed by atoms with Gasteiger partial charge in [-0.15, -0.1) is 12.4 Å².